The fourth-order valence-electron chi connectivity index (χ4n) is 2.57. The van der Waals surface area contributed by atoms with E-state index in [4.69, 9.17) is 11.6 Å². The quantitative estimate of drug-likeness (QED) is 0.865. The van der Waals surface area contributed by atoms with Crippen molar-refractivity contribution in [3.8, 4) is 0 Å². The fraction of sp³-hybridized carbons (Fsp3) is 0.529. The van der Waals surface area contributed by atoms with Crippen LogP contribution in [0.5, 0.6) is 0 Å². The first-order valence-corrected chi connectivity index (χ1v) is 8.24. The van der Waals surface area contributed by atoms with Crippen LogP contribution in [0.3, 0.4) is 0 Å². The number of benzene rings is 1. The number of amides is 2. The zero-order valence-corrected chi connectivity index (χ0v) is 14.2. The molecule has 0 radical (unpaired) electrons. The van der Waals surface area contributed by atoms with E-state index in [2.05, 4.69) is 19.2 Å². The highest BCUT2D eigenvalue weighted by Gasteiger charge is 2.33. The summed E-state index contributed by atoms with van der Waals surface area (Å²) in [5, 5.41) is 3.07. The molecule has 126 valence electrons. The minimum atomic E-state index is -0.410. The molecule has 1 aliphatic heterocycles. The lowest BCUT2D eigenvalue weighted by atomic mass is 10.1. The van der Waals surface area contributed by atoms with Crippen LogP contribution in [-0.4, -0.2) is 29.8 Å². The first kappa shape index (κ1) is 17.7. The van der Waals surface area contributed by atoms with Gasteiger partial charge in [-0.15, -0.1) is 0 Å². The minimum absolute atomic E-state index is 0.0330. The van der Waals surface area contributed by atoms with E-state index in [0.717, 1.165) is 6.42 Å². The van der Waals surface area contributed by atoms with Crippen LogP contribution in [0.2, 0.25) is 5.02 Å². The van der Waals surface area contributed by atoms with Gasteiger partial charge in [0.15, 0.2) is 0 Å². The summed E-state index contributed by atoms with van der Waals surface area (Å²) in [6, 6.07) is 4.07. The van der Waals surface area contributed by atoms with E-state index < -0.39 is 5.82 Å². The van der Waals surface area contributed by atoms with Gasteiger partial charge in [0, 0.05) is 31.1 Å². The molecular weight excluding hydrogens is 319 g/mol. The Balaban J connectivity index is 1.85. The molecule has 23 heavy (non-hydrogen) atoms. The molecular formula is C17H22ClFN2O2. The third kappa shape index (κ3) is 4.93. The fourth-order valence-corrected chi connectivity index (χ4v) is 2.80. The lowest BCUT2D eigenvalue weighted by molar-refractivity contribution is -0.129. The normalized spacial score (nSPS) is 17.9. The number of nitrogens with one attached hydrogen (secondary N) is 1. The molecule has 0 bridgehead atoms. The number of carbonyl (C=O) groups excluding carboxylic acids is 2. The Morgan fingerprint density at radius 3 is 2.87 bits per heavy atom. The number of nitrogens with zero attached hydrogens (tertiary/aromatic N) is 1. The van der Waals surface area contributed by atoms with Gasteiger partial charge in [-0.3, -0.25) is 9.59 Å². The van der Waals surface area contributed by atoms with Crippen LogP contribution in [-0.2, 0) is 16.1 Å². The number of hydrogen-bond donors (Lipinski definition) is 1. The summed E-state index contributed by atoms with van der Waals surface area (Å²) < 4.78 is 13.0. The highest BCUT2D eigenvalue weighted by molar-refractivity contribution is 6.31. The van der Waals surface area contributed by atoms with E-state index in [0.29, 0.717) is 24.6 Å². The molecule has 1 fully saturated rings. The molecule has 1 unspecified atom stereocenters. The van der Waals surface area contributed by atoms with Crippen LogP contribution in [0.4, 0.5) is 4.39 Å². The first-order valence-electron chi connectivity index (χ1n) is 7.86. The molecule has 1 aromatic carbocycles. The zero-order chi connectivity index (χ0) is 17.0. The van der Waals surface area contributed by atoms with Gasteiger partial charge in [0.1, 0.15) is 5.82 Å². The monoisotopic (exact) mass is 340 g/mol. The highest BCUT2D eigenvalue weighted by atomic mass is 35.5. The van der Waals surface area contributed by atoms with Gasteiger partial charge in [-0.05, 0) is 30.0 Å². The molecule has 2 amide bonds. The zero-order valence-electron chi connectivity index (χ0n) is 13.4. The lowest BCUT2D eigenvalue weighted by Gasteiger charge is -2.17. The van der Waals surface area contributed by atoms with Crippen LogP contribution in [0, 0.1) is 17.7 Å². The Bertz CT molecular complexity index is 592. The second kappa shape index (κ2) is 7.77. The van der Waals surface area contributed by atoms with E-state index in [1.54, 1.807) is 11.0 Å². The summed E-state index contributed by atoms with van der Waals surface area (Å²) in [6.45, 7) is 5.61. The predicted octanol–water partition coefficient (Wildman–Crippen LogP) is 2.99. The number of hydrogen-bond acceptors (Lipinski definition) is 2. The lowest BCUT2D eigenvalue weighted by Crippen LogP contribution is -2.33. The van der Waals surface area contributed by atoms with Crippen molar-refractivity contribution in [3.05, 3.63) is 34.6 Å². The summed E-state index contributed by atoms with van der Waals surface area (Å²) in [5.41, 5.74) is 0.655. The maximum atomic E-state index is 13.0. The van der Waals surface area contributed by atoms with Gasteiger partial charge in [0.2, 0.25) is 11.8 Å². The second-order valence-corrected chi connectivity index (χ2v) is 6.78. The van der Waals surface area contributed by atoms with Gasteiger partial charge in [-0.25, -0.2) is 4.39 Å². The standard InChI is InChI=1S/C17H22ClFN2O2/c1-11(2)5-6-21-10-13(7-16(21)22)17(23)20-9-12-3-4-14(19)8-15(12)18/h3-4,8,11,13H,5-7,9-10H2,1-2H3,(H,20,23). The Morgan fingerprint density at radius 2 is 2.22 bits per heavy atom. The summed E-state index contributed by atoms with van der Waals surface area (Å²) in [5.74, 6) is -0.339. The average molecular weight is 341 g/mol. The van der Waals surface area contributed by atoms with Crippen molar-refractivity contribution >= 4 is 23.4 Å². The van der Waals surface area contributed by atoms with Crippen LogP contribution in [0.1, 0.15) is 32.3 Å². The maximum absolute atomic E-state index is 13.0. The van der Waals surface area contributed by atoms with Crippen LogP contribution >= 0.6 is 11.6 Å². The van der Waals surface area contributed by atoms with Crippen LogP contribution in [0.25, 0.3) is 0 Å². The molecule has 1 aliphatic rings. The smallest absolute Gasteiger partial charge is 0.225 e. The summed E-state index contributed by atoms with van der Waals surface area (Å²) in [7, 11) is 0. The molecule has 0 saturated carbocycles. The summed E-state index contributed by atoms with van der Waals surface area (Å²) in [4.78, 5) is 25.9. The molecule has 0 aliphatic carbocycles. The highest BCUT2D eigenvalue weighted by Crippen LogP contribution is 2.20. The van der Waals surface area contributed by atoms with Crippen molar-refractivity contribution in [2.45, 2.75) is 33.2 Å². The van der Waals surface area contributed by atoms with E-state index in [1.165, 1.54) is 12.1 Å². The third-order valence-electron chi connectivity index (χ3n) is 4.03. The Morgan fingerprint density at radius 1 is 1.48 bits per heavy atom. The van der Waals surface area contributed by atoms with Crippen molar-refractivity contribution < 1.29 is 14.0 Å². The molecule has 2 rings (SSSR count). The van der Waals surface area contributed by atoms with Gasteiger partial charge in [0.05, 0.1) is 5.92 Å². The number of likely N-dealkylation sites (tertiary alicyclic amines) is 1. The molecule has 0 spiro atoms. The van der Waals surface area contributed by atoms with E-state index in [-0.39, 0.29) is 35.7 Å². The van der Waals surface area contributed by atoms with Gasteiger partial charge in [0.25, 0.3) is 0 Å². The number of rotatable bonds is 6. The predicted molar refractivity (Wildman–Crippen MR) is 87.4 cm³/mol. The van der Waals surface area contributed by atoms with Gasteiger partial charge in [-0.1, -0.05) is 31.5 Å². The minimum Gasteiger partial charge on any atom is -0.352 e. The Labute approximate surface area is 141 Å². The largest absolute Gasteiger partial charge is 0.352 e. The molecule has 1 saturated heterocycles. The van der Waals surface area contributed by atoms with Gasteiger partial charge in [-0.2, -0.15) is 0 Å². The van der Waals surface area contributed by atoms with Crippen molar-refractivity contribution in [1.82, 2.24) is 10.2 Å². The van der Waals surface area contributed by atoms with Crippen molar-refractivity contribution in [2.75, 3.05) is 13.1 Å². The van der Waals surface area contributed by atoms with Crippen LogP contribution in [0.15, 0.2) is 18.2 Å². The summed E-state index contributed by atoms with van der Waals surface area (Å²) >= 11 is 5.94. The second-order valence-electron chi connectivity index (χ2n) is 6.38. The SMILES string of the molecule is CC(C)CCN1CC(C(=O)NCc2ccc(F)cc2Cl)CC1=O. The average Bonchev–Trinajstić information content (AvgIpc) is 2.85. The van der Waals surface area contributed by atoms with Crippen molar-refractivity contribution in [1.29, 1.82) is 0 Å². The molecule has 1 heterocycles. The molecule has 1 N–H and O–H groups in total. The van der Waals surface area contributed by atoms with E-state index >= 15 is 0 Å². The topological polar surface area (TPSA) is 49.4 Å². The van der Waals surface area contributed by atoms with Crippen molar-refractivity contribution in [3.63, 3.8) is 0 Å². The molecule has 1 aromatic rings. The third-order valence-corrected chi connectivity index (χ3v) is 4.38. The molecule has 1 atom stereocenters. The number of carbonyl (C=O) groups is 2. The van der Waals surface area contributed by atoms with Crippen molar-refractivity contribution in [2.24, 2.45) is 11.8 Å². The van der Waals surface area contributed by atoms with E-state index in [1.807, 2.05) is 0 Å². The Kier molecular flexibility index (Phi) is 5.99. The van der Waals surface area contributed by atoms with Gasteiger partial charge < -0.3 is 10.2 Å². The summed E-state index contributed by atoms with van der Waals surface area (Å²) in [6.07, 6.45) is 1.19. The Hall–Kier alpha value is -1.62. The van der Waals surface area contributed by atoms with Crippen LogP contribution < -0.4 is 5.32 Å². The molecule has 4 nitrogen and oxygen atoms in total. The van der Waals surface area contributed by atoms with Gasteiger partial charge >= 0.3 is 0 Å². The number of halogens is 2. The molecule has 6 heteroatoms. The van der Waals surface area contributed by atoms with E-state index in [9.17, 15) is 14.0 Å². The maximum Gasteiger partial charge on any atom is 0.225 e. The first-order chi connectivity index (χ1) is 10.9. The molecule has 0 aromatic heterocycles.